The van der Waals surface area contributed by atoms with E-state index in [2.05, 4.69) is 0 Å². The molecule has 0 aromatic heterocycles. The number of hydrogen-bond donors (Lipinski definition) is 0. The third-order valence-corrected chi connectivity index (χ3v) is 3.73. The van der Waals surface area contributed by atoms with Crippen molar-refractivity contribution in [2.75, 3.05) is 41.7 Å². The molecule has 2 fully saturated rings. The standard InChI is InChI=1S/2C7H13BO3/c2*1-9-4-6-5(10-2)3-7(8)11-6/h2*5-7H,3-4H2,1-2H3/t5?,6-,7-;5-,6+,7+/m10/s1. The average Bonchev–Trinajstić information content (AvgIpc) is 3.02. The van der Waals surface area contributed by atoms with Crippen LogP contribution in [0.2, 0.25) is 0 Å². The zero-order chi connectivity index (χ0) is 16.5. The smallest absolute Gasteiger partial charge is 0.109 e. The minimum Gasteiger partial charge on any atom is -0.382 e. The van der Waals surface area contributed by atoms with Crippen molar-refractivity contribution in [1.82, 2.24) is 0 Å². The second-order valence-electron chi connectivity index (χ2n) is 5.36. The Balaban J connectivity index is 0.000000220. The van der Waals surface area contributed by atoms with E-state index >= 15 is 0 Å². The highest BCUT2D eigenvalue weighted by molar-refractivity contribution is 6.11. The molecule has 0 spiro atoms. The van der Waals surface area contributed by atoms with Crippen molar-refractivity contribution in [3.05, 3.63) is 0 Å². The van der Waals surface area contributed by atoms with E-state index in [1.807, 2.05) is 0 Å². The van der Waals surface area contributed by atoms with Crippen LogP contribution in [0.1, 0.15) is 12.8 Å². The summed E-state index contributed by atoms with van der Waals surface area (Å²) in [5.41, 5.74) is 0. The first-order valence-corrected chi connectivity index (χ1v) is 7.41. The van der Waals surface area contributed by atoms with Gasteiger partial charge in [-0.1, -0.05) is 0 Å². The molecule has 0 amide bonds. The van der Waals surface area contributed by atoms with Gasteiger partial charge in [-0.2, -0.15) is 0 Å². The van der Waals surface area contributed by atoms with Gasteiger partial charge in [-0.15, -0.1) is 0 Å². The normalized spacial score (nSPS) is 37.8. The van der Waals surface area contributed by atoms with Gasteiger partial charge in [-0.3, -0.25) is 0 Å². The maximum atomic E-state index is 5.56. The Kier molecular flexibility index (Phi) is 9.63. The molecule has 4 radical (unpaired) electrons. The van der Waals surface area contributed by atoms with Crippen molar-refractivity contribution in [2.45, 2.75) is 49.3 Å². The molecular weight excluding hydrogens is 286 g/mol. The quantitative estimate of drug-likeness (QED) is 0.637. The minimum absolute atomic E-state index is 0.000000000000000222. The highest BCUT2D eigenvalue weighted by atomic mass is 16.6. The summed E-state index contributed by atoms with van der Waals surface area (Å²) in [6.07, 6.45) is 1.68. The molecule has 124 valence electrons. The molecule has 2 rings (SSSR count). The third kappa shape index (κ3) is 6.18. The van der Waals surface area contributed by atoms with Crippen molar-refractivity contribution in [3.8, 4) is 0 Å². The van der Waals surface area contributed by atoms with Crippen LogP contribution in [-0.4, -0.2) is 93.8 Å². The number of hydrogen-bond acceptors (Lipinski definition) is 6. The molecule has 1 unspecified atom stereocenters. The molecule has 2 heterocycles. The van der Waals surface area contributed by atoms with Crippen molar-refractivity contribution >= 4 is 15.7 Å². The first-order chi connectivity index (χ1) is 10.5. The van der Waals surface area contributed by atoms with E-state index in [1.54, 1.807) is 28.4 Å². The Hall–Kier alpha value is -0.110. The van der Waals surface area contributed by atoms with Crippen LogP contribution < -0.4 is 0 Å². The van der Waals surface area contributed by atoms with E-state index in [0.717, 1.165) is 12.8 Å². The third-order valence-electron chi connectivity index (χ3n) is 3.73. The predicted molar refractivity (Wildman–Crippen MR) is 83.4 cm³/mol. The minimum atomic E-state index is -0.194. The largest absolute Gasteiger partial charge is 0.382 e. The molecule has 0 aliphatic carbocycles. The molecule has 8 heteroatoms. The van der Waals surface area contributed by atoms with Crippen molar-refractivity contribution in [1.29, 1.82) is 0 Å². The van der Waals surface area contributed by atoms with Gasteiger partial charge in [0, 0.05) is 40.4 Å². The zero-order valence-electron chi connectivity index (χ0n) is 13.9. The fraction of sp³-hybridized carbons (Fsp3) is 1.00. The van der Waals surface area contributed by atoms with Crippen molar-refractivity contribution in [2.24, 2.45) is 0 Å². The van der Waals surface area contributed by atoms with E-state index in [-0.39, 0.29) is 36.4 Å². The summed E-state index contributed by atoms with van der Waals surface area (Å²) in [6, 6.07) is -0.389. The molecule has 6 nitrogen and oxygen atoms in total. The summed E-state index contributed by atoms with van der Waals surface area (Å²) in [4.78, 5) is 0. The Morgan fingerprint density at radius 3 is 1.41 bits per heavy atom. The van der Waals surface area contributed by atoms with E-state index in [9.17, 15) is 0 Å². The topological polar surface area (TPSA) is 55.4 Å². The molecule has 0 aromatic rings. The molecule has 2 aliphatic heterocycles. The second-order valence-corrected chi connectivity index (χ2v) is 5.36. The van der Waals surface area contributed by atoms with Gasteiger partial charge in [-0.25, -0.2) is 0 Å². The Morgan fingerprint density at radius 2 is 1.14 bits per heavy atom. The lowest BCUT2D eigenvalue weighted by Gasteiger charge is -2.15. The summed E-state index contributed by atoms with van der Waals surface area (Å²) in [5.74, 6) is 0. The second kappa shape index (κ2) is 10.6. The maximum absolute atomic E-state index is 5.56. The van der Waals surface area contributed by atoms with Crippen LogP contribution >= 0.6 is 0 Å². The van der Waals surface area contributed by atoms with Crippen molar-refractivity contribution < 1.29 is 28.4 Å². The van der Waals surface area contributed by atoms with Crippen LogP contribution in [-0.2, 0) is 28.4 Å². The summed E-state index contributed by atoms with van der Waals surface area (Å²) in [5, 5.41) is 0. The highest BCUT2D eigenvalue weighted by Crippen LogP contribution is 2.21. The van der Waals surface area contributed by atoms with Gasteiger partial charge in [0.15, 0.2) is 0 Å². The molecule has 22 heavy (non-hydrogen) atoms. The SMILES string of the molecule is [B][C@H]1CC(OC)[C@@H](COC)O1.[B][C@H]1C[C@H](OC)[C@@H](COC)O1. The Morgan fingerprint density at radius 1 is 0.773 bits per heavy atom. The van der Waals surface area contributed by atoms with E-state index in [0.29, 0.717) is 13.2 Å². The van der Waals surface area contributed by atoms with Crippen LogP contribution in [0.3, 0.4) is 0 Å². The lowest BCUT2D eigenvalue weighted by Crippen LogP contribution is -2.27. The Bertz CT molecular complexity index is 269. The average molecular weight is 312 g/mol. The number of ether oxygens (including phenoxy) is 6. The summed E-state index contributed by atoms with van der Waals surface area (Å²) in [6.45, 7) is 1.10. The molecule has 0 saturated carbocycles. The van der Waals surface area contributed by atoms with Crippen LogP contribution in [0.5, 0.6) is 0 Å². The fourth-order valence-corrected chi connectivity index (χ4v) is 2.61. The predicted octanol–water partition coefficient (Wildman–Crippen LogP) is -0.137. The number of rotatable bonds is 6. The van der Waals surface area contributed by atoms with Gasteiger partial charge in [0.1, 0.15) is 27.9 Å². The van der Waals surface area contributed by atoms with E-state index in [1.165, 1.54) is 0 Å². The van der Waals surface area contributed by atoms with Crippen LogP contribution in [0.25, 0.3) is 0 Å². The zero-order valence-corrected chi connectivity index (χ0v) is 13.9. The van der Waals surface area contributed by atoms with Gasteiger partial charge in [0.25, 0.3) is 0 Å². The fourth-order valence-electron chi connectivity index (χ4n) is 2.61. The lowest BCUT2D eigenvalue weighted by molar-refractivity contribution is -0.0315. The first kappa shape index (κ1) is 19.9. The Labute approximate surface area is 135 Å². The molecule has 0 aromatic carbocycles. The number of methoxy groups -OCH3 is 4. The van der Waals surface area contributed by atoms with Crippen LogP contribution in [0.15, 0.2) is 0 Å². The molecular formula is C14H26B2O6. The van der Waals surface area contributed by atoms with Gasteiger partial charge in [-0.05, 0) is 12.8 Å². The highest BCUT2D eigenvalue weighted by Gasteiger charge is 2.33. The molecule has 0 N–H and O–H groups in total. The maximum Gasteiger partial charge on any atom is 0.109 e. The van der Waals surface area contributed by atoms with Gasteiger partial charge >= 0.3 is 0 Å². The van der Waals surface area contributed by atoms with Gasteiger partial charge < -0.3 is 28.4 Å². The summed E-state index contributed by atoms with van der Waals surface area (Å²) < 4.78 is 30.9. The molecule has 0 bridgehead atoms. The summed E-state index contributed by atoms with van der Waals surface area (Å²) in [7, 11) is 17.7. The summed E-state index contributed by atoms with van der Waals surface area (Å²) >= 11 is 0. The van der Waals surface area contributed by atoms with Crippen LogP contribution in [0, 0.1) is 0 Å². The van der Waals surface area contributed by atoms with Crippen molar-refractivity contribution in [3.63, 3.8) is 0 Å². The van der Waals surface area contributed by atoms with Gasteiger partial charge in [0.05, 0.1) is 25.4 Å². The lowest BCUT2D eigenvalue weighted by atomic mass is 9.96. The van der Waals surface area contributed by atoms with E-state index in [4.69, 9.17) is 44.1 Å². The molecule has 2 saturated heterocycles. The monoisotopic (exact) mass is 312 g/mol. The van der Waals surface area contributed by atoms with E-state index < -0.39 is 0 Å². The first-order valence-electron chi connectivity index (χ1n) is 7.41. The molecule has 6 atom stereocenters. The molecule has 2 aliphatic rings. The van der Waals surface area contributed by atoms with Crippen LogP contribution in [0.4, 0.5) is 0 Å². The van der Waals surface area contributed by atoms with Gasteiger partial charge in [0.2, 0.25) is 0 Å².